The Labute approximate surface area is 72.1 Å². The first-order valence-corrected chi connectivity index (χ1v) is 4.14. The third-order valence-electron chi connectivity index (χ3n) is 1.96. The summed E-state index contributed by atoms with van der Waals surface area (Å²) in [4.78, 5) is 4.22. The molecule has 0 bridgehead atoms. The van der Waals surface area contributed by atoms with Gasteiger partial charge in [-0.05, 0) is 7.05 Å². The lowest BCUT2D eigenvalue weighted by Gasteiger charge is -2.32. The minimum Gasteiger partial charge on any atom is -0.304 e. The van der Waals surface area contributed by atoms with Crippen molar-refractivity contribution in [3.8, 4) is 6.07 Å². The van der Waals surface area contributed by atoms with Crippen molar-refractivity contribution >= 4 is 11.6 Å². The zero-order valence-electron chi connectivity index (χ0n) is 6.63. The van der Waals surface area contributed by atoms with E-state index < -0.39 is 5.50 Å². The second-order valence-corrected chi connectivity index (χ2v) is 3.22. The number of nitriles is 1. The second kappa shape index (κ2) is 3.91. The van der Waals surface area contributed by atoms with Crippen molar-refractivity contribution < 1.29 is 0 Å². The Bertz CT molecular complexity index is 158. The van der Waals surface area contributed by atoms with E-state index in [9.17, 15) is 0 Å². The van der Waals surface area contributed by atoms with Gasteiger partial charge in [0.05, 0.1) is 6.07 Å². The van der Waals surface area contributed by atoms with Crippen LogP contribution in [0.2, 0.25) is 0 Å². The van der Waals surface area contributed by atoms with Crippen LogP contribution in [0, 0.1) is 11.3 Å². The van der Waals surface area contributed by atoms with Gasteiger partial charge in [-0.3, -0.25) is 4.90 Å². The molecule has 3 nitrogen and oxygen atoms in total. The van der Waals surface area contributed by atoms with E-state index in [1.807, 2.05) is 11.0 Å². The highest BCUT2D eigenvalue weighted by Crippen LogP contribution is 2.06. The van der Waals surface area contributed by atoms with Crippen LogP contribution in [-0.4, -0.2) is 48.5 Å². The molecule has 1 rings (SSSR count). The highest BCUT2D eigenvalue weighted by molar-refractivity contribution is 6.21. The molecule has 4 heteroatoms. The summed E-state index contributed by atoms with van der Waals surface area (Å²) in [5.74, 6) is 0. The average molecular weight is 174 g/mol. The average Bonchev–Trinajstić information content (AvgIpc) is 2.05. The number of halogens is 1. The Morgan fingerprint density at radius 2 is 1.91 bits per heavy atom. The van der Waals surface area contributed by atoms with E-state index in [0.29, 0.717) is 0 Å². The Balaban J connectivity index is 2.34. The van der Waals surface area contributed by atoms with E-state index >= 15 is 0 Å². The van der Waals surface area contributed by atoms with E-state index in [2.05, 4.69) is 11.9 Å². The molecule has 0 N–H and O–H groups in total. The maximum absolute atomic E-state index is 8.52. The van der Waals surface area contributed by atoms with Gasteiger partial charge in [0.15, 0.2) is 5.50 Å². The molecule has 1 atom stereocenters. The largest absolute Gasteiger partial charge is 0.304 e. The fourth-order valence-electron chi connectivity index (χ4n) is 1.13. The summed E-state index contributed by atoms with van der Waals surface area (Å²) in [6.07, 6.45) is 0. The molecule has 0 spiro atoms. The molecule has 0 aromatic carbocycles. The minimum atomic E-state index is -0.441. The SMILES string of the molecule is CN1CCN([C@H](Cl)C#N)CC1. The number of alkyl halides is 1. The molecule has 1 saturated heterocycles. The molecule has 0 unspecified atom stereocenters. The molecule has 0 aromatic rings. The van der Waals surface area contributed by atoms with Crippen LogP contribution in [0.4, 0.5) is 0 Å². The normalized spacial score (nSPS) is 24.5. The van der Waals surface area contributed by atoms with E-state index in [-0.39, 0.29) is 0 Å². The van der Waals surface area contributed by atoms with Gasteiger partial charge in [0.25, 0.3) is 0 Å². The quantitative estimate of drug-likeness (QED) is 0.423. The fourth-order valence-corrected chi connectivity index (χ4v) is 1.33. The van der Waals surface area contributed by atoms with E-state index in [1.54, 1.807) is 0 Å². The molecule has 1 heterocycles. The van der Waals surface area contributed by atoms with Crippen LogP contribution in [0.5, 0.6) is 0 Å². The summed E-state index contributed by atoms with van der Waals surface area (Å²) in [6.45, 7) is 3.81. The smallest absolute Gasteiger partial charge is 0.173 e. The summed E-state index contributed by atoms with van der Waals surface area (Å²) in [5, 5.41) is 8.52. The molecule has 1 aliphatic rings. The van der Waals surface area contributed by atoms with E-state index in [0.717, 1.165) is 26.2 Å². The van der Waals surface area contributed by atoms with Crippen LogP contribution in [0.1, 0.15) is 0 Å². The molecule has 0 radical (unpaired) electrons. The van der Waals surface area contributed by atoms with Crippen LogP contribution >= 0.6 is 11.6 Å². The van der Waals surface area contributed by atoms with Crippen molar-refractivity contribution in [3.63, 3.8) is 0 Å². The molecule has 0 saturated carbocycles. The van der Waals surface area contributed by atoms with Crippen LogP contribution < -0.4 is 0 Å². The fraction of sp³-hybridized carbons (Fsp3) is 0.857. The lowest BCUT2D eigenvalue weighted by Crippen LogP contribution is -2.46. The van der Waals surface area contributed by atoms with Gasteiger partial charge in [0.2, 0.25) is 0 Å². The maximum atomic E-state index is 8.52. The number of hydrogen-bond acceptors (Lipinski definition) is 3. The predicted molar refractivity (Wildman–Crippen MR) is 44.3 cm³/mol. The molecule has 62 valence electrons. The van der Waals surface area contributed by atoms with Crippen molar-refractivity contribution in [2.75, 3.05) is 33.2 Å². The molecule has 0 aliphatic carbocycles. The Morgan fingerprint density at radius 1 is 1.36 bits per heavy atom. The van der Waals surface area contributed by atoms with Gasteiger partial charge < -0.3 is 4.90 Å². The summed E-state index contributed by atoms with van der Waals surface area (Å²) in [5.41, 5.74) is -0.441. The minimum absolute atomic E-state index is 0.441. The van der Waals surface area contributed by atoms with Gasteiger partial charge in [-0.25, -0.2) is 0 Å². The number of rotatable bonds is 1. The van der Waals surface area contributed by atoms with Crippen LogP contribution in [0.15, 0.2) is 0 Å². The number of nitrogens with zero attached hydrogens (tertiary/aromatic N) is 3. The lowest BCUT2D eigenvalue weighted by atomic mass is 10.3. The molecule has 1 aliphatic heterocycles. The van der Waals surface area contributed by atoms with Crippen molar-refractivity contribution in [1.82, 2.24) is 9.80 Å². The van der Waals surface area contributed by atoms with Gasteiger partial charge >= 0.3 is 0 Å². The summed E-state index contributed by atoms with van der Waals surface area (Å²) in [6, 6.07) is 2.02. The number of piperazine rings is 1. The predicted octanol–water partition coefficient (Wildman–Crippen LogP) is 0.322. The van der Waals surface area contributed by atoms with Gasteiger partial charge in [-0.15, -0.1) is 0 Å². The highest BCUT2D eigenvalue weighted by Gasteiger charge is 2.19. The summed E-state index contributed by atoms with van der Waals surface area (Å²) >= 11 is 5.74. The molecular formula is C7H12ClN3. The zero-order chi connectivity index (χ0) is 8.27. The van der Waals surface area contributed by atoms with Crippen molar-refractivity contribution in [1.29, 1.82) is 5.26 Å². The molecule has 1 fully saturated rings. The van der Waals surface area contributed by atoms with Gasteiger partial charge in [-0.2, -0.15) is 5.26 Å². The third kappa shape index (κ3) is 2.33. The second-order valence-electron chi connectivity index (χ2n) is 2.80. The monoisotopic (exact) mass is 173 g/mol. The van der Waals surface area contributed by atoms with E-state index in [4.69, 9.17) is 16.9 Å². The maximum Gasteiger partial charge on any atom is 0.173 e. The lowest BCUT2D eigenvalue weighted by molar-refractivity contribution is 0.157. The van der Waals surface area contributed by atoms with Crippen LogP contribution in [0.25, 0.3) is 0 Å². The first-order chi connectivity index (χ1) is 5.24. The summed E-state index contributed by atoms with van der Waals surface area (Å²) in [7, 11) is 2.08. The first kappa shape index (κ1) is 8.79. The Kier molecular flexibility index (Phi) is 3.13. The molecule has 0 amide bonds. The molecule has 11 heavy (non-hydrogen) atoms. The van der Waals surface area contributed by atoms with Gasteiger partial charge in [0.1, 0.15) is 0 Å². The highest BCUT2D eigenvalue weighted by atomic mass is 35.5. The van der Waals surface area contributed by atoms with Crippen LogP contribution in [-0.2, 0) is 0 Å². The Morgan fingerprint density at radius 3 is 2.36 bits per heavy atom. The summed E-state index contributed by atoms with van der Waals surface area (Å²) < 4.78 is 0. The van der Waals surface area contributed by atoms with Gasteiger partial charge in [-0.1, -0.05) is 11.6 Å². The number of likely N-dealkylation sites (N-methyl/N-ethyl adjacent to an activating group) is 1. The van der Waals surface area contributed by atoms with Gasteiger partial charge in [0, 0.05) is 26.2 Å². The van der Waals surface area contributed by atoms with Crippen molar-refractivity contribution in [2.45, 2.75) is 5.50 Å². The topological polar surface area (TPSA) is 30.3 Å². The number of hydrogen-bond donors (Lipinski definition) is 0. The Hall–Kier alpha value is -0.300. The van der Waals surface area contributed by atoms with Crippen molar-refractivity contribution in [3.05, 3.63) is 0 Å². The zero-order valence-corrected chi connectivity index (χ0v) is 7.38. The standard InChI is InChI=1S/C7H12ClN3/c1-10-2-4-11(5-3-10)7(8)6-9/h7H,2-5H2,1H3/t7-/m0/s1. The van der Waals surface area contributed by atoms with Crippen LogP contribution in [0.3, 0.4) is 0 Å². The molecular weight excluding hydrogens is 162 g/mol. The van der Waals surface area contributed by atoms with Crippen molar-refractivity contribution in [2.24, 2.45) is 0 Å². The molecule has 0 aromatic heterocycles. The third-order valence-corrected chi connectivity index (χ3v) is 2.34. The first-order valence-electron chi connectivity index (χ1n) is 3.70. The van der Waals surface area contributed by atoms with E-state index in [1.165, 1.54) is 0 Å².